The Kier molecular flexibility index (Phi) is 9.55. The fourth-order valence-corrected chi connectivity index (χ4v) is 8.86. The molecule has 2 aromatic carbocycles. The molecule has 4 heterocycles. The number of hydrogen-bond acceptors (Lipinski definition) is 11. The van der Waals surface area contributed by atoms with E-state index < -0.39 is 7.14 Å². The van der Waals surface area contributed by atoms with Crippen LogP contribution in [0.2, 0.25) is 0 Å². The van der Waals surface area contributed by atoms with Gasteiger partial charge in [0.05, 0.1) is 39.7 Å². The van der Waals surface area contributed by atoms with Crippen LogP contribution in [0, 0.1) is 11.3 Å². The number of rotatable bonds is 9. The van der Waals surface area contributed by atoms with Crippen molar-refractivity contribution in [3.8, 4) is 11.8 Å². The number of piperazine rings is 1. The minimum Gasteiger partial charge on any atom is -0.495 e. The summed E-state index contributed by atoms with van der Waals surface area (Å²) in [4.78, 5) is 21.5. The fraction of sp³-hybridized carbons (Fsp3) is 0.444. The van der Waals surface area contributed by atoms with Crippen LogP contribution in [0.4, 0.5) is 28.8 Å². The molecule has 2 aliphatic heterocycles. The Bertz CT molecular complexity index is 1960. The van der Waals surface area contributed by atoms with Gasteiger partial charge in [-0.05, 0) is 86.3 Å². The molecule has 0 atom stereocenters. The van der Waals surface area contributed by atoms with Gasteiger partial charge in [0.15, 0.2) is 0 Å². The van der Waals surface area contributed by atoms with E-state index in [0.717, 1.165) is 79.7 Å². The zero-order chi connectivity index (χ0) is 34.3. The summed E-state index contributed by atoms with van der Waals surface area (Å²) in [7, 11) is 1.12. The lowest BCUT2D eigenvalue weighted by molar-refractivity contribution is 0.0981. The molecule has 49 heavy (non-hydrogen) atoms. The monoisotopic (exact) mass is 743 g/mol. The maximum absolute atomic E-state index is 13.7. The minimum absolute atomic E-state index is 0.305. The molecule has 2 saturated heterocycles. The molecule has 4 aromatic rings. The average Bonchev–Trinajstić information content (AvgIpc) is 3.95. The predicted octanol–water partition coefficient (Wildman–Crippen LogP) is 6.50. The van der Waals surface area contributed by atoms with Gasteiger partial charge in [-0.25, -0.2) is 4.98 Å². The number of likely N-dealkylation sites (N-methyl/N-ethyl adjacent to an activating group) is 1. The van der Waals surface area contributed by atoms with Crippen molar-refractivity contribution >= 4 is 68.1 Å². The first-order chi connectivity index (χ1) is 23.6. The van der Waals surface area contributed by atoms with Gasteiger partial charge in [-0.15, -0.1) is 0 Å². The van der Waals surface area contributed by atoms with E-state index in [1.807, 2.05) is 24.3 Å². The Morgan fingerprint density at radius 3 is 2.39 bits per heavy atom. The van der Waals surface area contributed by atoms with Crippen LogP contribution in [0.15, 0.2) is 47.1 Å². The van der Waals surface area contributed by atoms with Gasteiger partial charge >= 0.3 is 0 Å². The SMILES string of the molecule is COc1cc(Nc2ncc(Br)c(Nc3ccc4nc(C5CC5)ccc4c3P(C)(C)=O)n2)c(C#N)cc1N1CCC(N2CCN(C)CC2)CC1. The quantitative estimate of drug-likeness (QED) is 0.183. The van der Waals surface area contributed by atoms with E-state index in [0.29, 0.717) is 50.9 Å². The van der Waals surface area contributed by atoms with E-state index >= 15 is 0 Å². The van der Waals surface area contributed by atoms with Crippen LogP contribution in [-0.4, -0.2) is 97.5 Å². The Morgan fingerprint density at radius 2 is 1.71 bits per heavy atom. The molecule has 2 N–H and O–H groups in total. The summed E-state index contributed by atoms with van der Waals surface area (Å²) in [6.45, 7) is 9.87. The summed E-state index contributed by atoms with van der Waals surface area (Å²) in [6, 6.07) is 14.7. The van der Waals surface area contributed by atoms with Crippen molar-refractivity contribution in [2.45, 2.75) is 37.6 Å². The predicted molar refractivity (Wildman–Crippen MR) is 201 cm³/mol. The van der Waals surface area contributed by atoms with Crippen LogP contribution in [0.5, 0.6) is 5.75 Å². The molecule has 0 spiro atoms. The van der Waals surface area contributed by atoms with E-state index in [2.05, 4.69) is 71.5 Å². The van der Waals surface area contributed by atoms with Crippen LogP contribution >= 0.6 is 23.1 Å². The Hall–Kier alpha value is -3.75. The second-order valence-electron chi connectivity index (χ2n) is 13.8. The topological polar surface area (TPSA) is 123 Å². The zero-order valence-corrected chi connectivity index (χ0v) is 31.0. The van der Waals surface area contributed by atoms with Crippen LogP contribution in [0.3, 0.4) is 0 Å². The molecule has 0 amide bonds. The summed E-state index contributed by atoms with van der Waals surface area (Å²) >= 11 is 3.59. The summed E-state index contributed by atoms with van der Waals surface area (Å²) in [6.07, 6.45) is 6.17. The third-order valence-electron chi connectivity index (χ3n) is 9.94. The number of piperidine rings is 1. The highest BCUT2D eigenvalue weighted by molar-refractivity contribution is 9.10. The van der Waals surface area contributed by atoms with E-state index in [4.69, 9.17) is 14.7 Å². The van der Waals surface area contributed by atoms with E-state index in [1.54, 1.807) is 26.6 Å². The summed E-state index contributed by atoms with van der Waals surface area (Å²) < 4.78 is 20.2. The zero-order valence-electron chi connectivity index (χ0n) is 28.5. The van der Waals surface area contributed by atoms with Crippen LogP contribution < -0.4 is 25.6 Å². The molecule has 1 saturated carbocycles. The van der Waals surface area contributed by atoms with Crippen LogP contribution in [0.25, 0.3) is 10.9 Å². The van der Waals surface area contributed by atoms with Gasteiger partial charge < -0.3 is 29.7 Å². The molecule has 3 fully saturated rings. The first-order valence-corrected chi connectivity index (χ1v) is 20.4. The van der Waals surface area contributed by atoms with Gasteiger partial charge in [0, 0.05) is 79.9 Å². The number of fused-ring (bicyclic) bond motifs is 1. The van der Waals surface area contributed by atoms with Crippen molar-refractivity contribution in [1.82, 2.24) is 24.8 Å². The van der Waals surface area contributed by atoms with E-state index in [-0.39, 0.29) is 0 Å². The van der Waals surface area contributed by atoms with E-state index in [1.165, 1.54) is 12.8 Å². The number of hydrogen-bond donors (Lipinski definition) is 2. The van der Waals surface area contributed by atoms with Gasteiger partial charge in [-0.2, -0.15) is 10.2 Å². The van der Waals surface area contributed by atoms with Crippen molar-refractivity contribution in [1.29, 1.82) is 5.26 Å². The standard InChI is InChI=1S/C36H43BrN9O2P/c1-44-15-17-45(18-16-44)25-11-13-46(14-12-25)32-19-24(21-38)31(20-33(32)48-2)42-36-39-22-27(37)35(43-36)41-30-10-9-29-26(34(30)49(3,4)47)7-8-28(40-29)23-5-6-23/h7-10,19-20,22-23,25H,5-6,11-18H2,1-4H3,(H2,39,41,42,43). The third kappa shape index (κ3) is 7.27. The van der Waals surface area contributed by atoms with Gasteiger partial charge in [0.1, 0.15) is 24.8 Å². The minimum atomic E-state index is -2.73. The Morgan fingerprint density at radius 1 is 0.959 bits per heavy atom. The van der Waals surface area contributed by atoms with Crippen LogP contribution in [0.1, 0.15) is 42.9 Å². The molecule has 2 aromatic heterocycles. The number of anilines is 5. The lowest BCUT2D eigenvalue weighted by Crippen LogP contribution is -2.52. The second kappa shape index (κ2) is 13.9. The number of nitrogens with one attached hydrogen (secondary N) is 2. The number of nitriles is 1. The third-order valence-corrected chi connectivity index (χ3v) is 12.1. The molecule has 11 nitrogen and oxygen atoms in total. The number of aromatic nitrogens is 3. The van der Waals surface area contributed by atoms with Crippen molar-refractivity contribution < 1.29 is 9.30 Å². The van der Waals surface area contributed by atoms with E-state index in [9.17, 15) is 9.83 Å². The summed E-state index contributed by atoms with van der Waals surface area (Å²) in [5.74, 6) is 2.03. The largest absolute Gasteiger partial charge is 0.495 e. The fourth-order valence-electron chi connectivity index (χ4n) is 7.09. The van der Waals surface area contributed by atoms with Gasteiger partial charge in [0.2, 0.25) is 5.95 Å². The highest BCUT2D eigenvalue weighted by Gasteiger charge is 2.29. The summed E-state index contributed by atoms with van der Waals surface area (Å²) in [5.41, 5.74) is 4.60. The smallest absolute Gasteiger partial charge is 0.229 e. The number of ether oxygens (including phenoxy) is 1. The average molecular weight is 745 g/mol. The van der Waals surface area contributed by atoms with Gasteiger partial charge in [0.25, 0.3) is 0 Å². The molecule has 256 valence electrons. The number of pyridine rings is 1. The highest BCUT2D eigenvalue weighted by Crippen LogP contribution is 2.44. The maximum Gasteiger partial charge on any atom is 0.229 e. The lowest BCUT2D eigenvalue weighted by atomic mass is 10.0. The van der Waals surface area contributed by atoms with Crippen molar-refractivity contribution in [2.75, 3.05) is 82.3 Å². The highest BCUT2D eigenvalue weighted by atomic mass is 79.9. The Balaban J connectivity index is 1.12. The van der Waals surface area contributed by atoms with Crippen molar-refractivity contribution in [3.05, 3.63) is 58.3 Å². The maximum atomic E-state index is 13.7. The number of benzene rings is 2. The molecular weight excluding hydrogens is 701 g/mol. The molecule has 1 aliphatic carbocycles. The normalized spacial score (nSPS) is 18.0. The molecule has 0 radical (unpaired) electrons. The molecule has 0 unspecified atom stereocenters. The molecular formula is C36H43BrN9O2P. The van der Waals surface area contributed by atoms with Gasteiger partial charge in [-0.3, -0.25) is 9.88 Å². The summed E-state index contributed by atoms with van der Waals surface area (Å²) in [5, 5.41) is 18.5. The lowest BCUT2D eigenvalue weighted by Gasteiger charge is -2.42. The molecule has 3 aliphatic rings. The Labute approximate surface area is 296 Å². The molecule has 7 rings (SSSR count). The van der Waals surface area contributed by atoms with Crippen LogP contribution in [-0.2, 0) is 4.57 Å². The number of nitrogens with zero attached hydrogens (tertiary/aromatic N) is 7. The van der Waals surface area contributed by atoms with Crippen molar-refractivity contribution in [2.24, 2.45) is 0 Å². The number of halogens is 1. The molecule has 13 heteroatoms. The number of methoxy groups -OCH3 is 1. The first kappa shape index (κ1) is 33.7. The second-order valence-corrected chi connectivity index (χ2v) is 17.8. The van der Waals surface area contributed by atoms with Crippen molar-refractivity contribution in [3.63, 3.8) is 0 Å². The first-order valence-electron chi connectivity index (χ1n) is 17.0. The molecule has 0 bridgehead atoms. The van der Waals surface area contributed by atoms with Gasteiger partial charge in [-0.1, -0.05) is 6.07 Å².